The molecule has 30 heavy (non-hydrogen) atoms. The Morgan fingerprint density at radius 1 is 0.367 bits per heavy atom. The van der Waals surface area contributed by atoms with Crippen LogP contribution in [0.2, 0.25) is 0 Å². The average molecular weight is 441 g/mol. The van der Waals surface area contributed by atoms with Crippen LogP contribution in [-0.2, 0) is 42.6 Å². The molecular formula is C21H44O9. The van der Waals surface area contributed by atoms with Crippen LogP contribution in [0.15, 0.2) is 0 Å². The van der Waals surface area contributed by atoms with Gasteiger partial charge in [-0.15, -0.1) is 0 Å². The van der Waals surface area contributed by atoms with E-state index >= 15 is 0 Å². The summed E-state index contributed by atoms with van der Waals surface area (Å²) in [5.41, 5.74) is 0. The smallest absolute Gasteiger partial charge is 0.0703 e. The number of hydrogen-bond donors (Lipinski definition) is 0. The lowest BCUT2D eigenvalue weighted by molar-refractivity contribution is -0.0267. The third kappa shape index (κ3) is 27.6. The topological polar surface area (TPSA) is 83.1 Å². The van der Waals surface area contributed by atoms with Gasteiger partial charge in [0.15, 0.2) is 0 Å². The summed E-state index contributed by atoms with van der Waals surface area (Å²) < 4.78 is 48.4. The highest BCUT2D eigenvalue weighted by molar-refractivity contribution is 4.39. The molecule has 182 valence electrons. The van der Waals surface area contributed by atoms with Crippen molar-refractivity contribution in [2.45, 2.75) is 26.9 Å². The molecule has 0 spiro atoms. The molecule has 9 heteroatoms. The third-order valence-corrected chi connectivity index (χ3v) is 3.49. The van der Waals surface area contributed by atoms with E-state index in [4.69, 9.17) is 42.6 Å². The van der Waals surface area contributed by atoms with E-state index in [1.54, 1.807) is 0 Å². The van der Waals surface area contributed by atoms with Crippen molar-refractivity contribution < 1.29 is 42.6 Å². The van der Waals surface area contributed by atoms with Gasteiger partial charge in [0.2, 0.25) is 0 Å². The Balaban J connectivity index is 2.99. The molecule has 0 radical (unpaired) electrons. The lowest BCUT2D eigenvalue weighted by Gasteiger charge is -2.09. The molecule has 0 atom stereocenters. The van der Waals surface area contributed by atoms with Crippen LogP contribution in [0, 0.1) is 0 Å². The molecule has 0 aromatic carbocycles. The third-order valence-electron chi connectivity index (χ3n) is 3.49. The zero-order chi connectivity index (χ0) is 22.0. The molecule has 0 aliphatic rings. The van der Waals surface area contributed by atoms with Gasteiger partial charge >= 0.3 is 0 Å². The monoisotopic (exact) mass is 440 g/mol. The fourth-order valence-electron chi connectivity index (χ4n) is 2.03. The highest BCUT2D eigenvalue weighted by atomic mass is 16.6. The first-order chi connectivity index (χ1) is 14.8. The lowest BCUT2D eigenvalue weighted by atomic mass is 10.5. The van der Waals surface area contributed by atoms with Crippen LogP contribution in [-0.4, -0.2) is 118 Å². The summed E-state index contributed by atoms with van der Waals surface area (Å²) >= 11 is 0. The molecule has 0 amide bonds. The van der Waals surface area contributed by atoms with Crippen molar-refractivity contribution in [3.63, 3.8) is 0 Å². The van der Waals surface area contributed by atoms with Crippen LogP contribution >= 0.6 is 0 Å². The molecule has 0 rings (SSSR count). The molecule has 0 N–H and O–H groups in total. The first-order valence-electron chi connectivity index (χ1n) is 11.0. The number of ether oxygens (including phenoxy) is 9. The predicted octanol–water partition coefficient (Wildman–Crippen LogP) is 1.56. The summed E-state index contributed by atoms with van der Waals surface area (Å²) in [5.74, 6) is 0. The van der Waals surface area contributed by atoms with Gasteiger partial charge in [-0.1, -0.05) is 0 Å². The molecule has 0 aromatic heterocycles. The SMILES string of the molecule is CCOCCOCCOCCOCCOCCOCCOCCOCCOC(C)C. The molecule has 9 nitrogen and oxygen atoms in total. The van der Waals surface area contributed by atoms with Gasteiger partial charge in [0.1, 0.15) is 0 Å². The van der Waals surface area contributed by atoms with Gasteiger partial charge in [0.25, 0.3) is 0 Å². The average Bonchev–Trinajstić information content (AvgIpc) is 2.73. The Morgan fingerprint density at radius 3 is 0.833 bits per heavy atom. The van der Waals surface area contributed by atoms with Gasteiger partial charge in [-0.2, -0.15) is 0 Å². The lowest BCUT2D eigenvalue weighted by Crippen LogP contribution is -2.15. The molecule has 0 fully saturated rings. The van der Waals surface area contributed by atoms with E-state index in [2.05, 4.69) is 0 Å². The van der Waals surface area contributed by atoms with Crippen molar-refractivity contribution in [3.05, 3.63) is 0 Å². The van der Waals surface area contributed by atoms with Crippen molar-refractivity contribution >= 4 is 0 Å². The van der Waals surface area contributed by atoms with Crippen LogP contribution in [0.25, 0.3) is 0 Å². The molecule has 0 saturated heterocycles. The highest BCUT2D eigenvalue weighted by Gasteiger charge is 1.96. The maximum absolute atomic E-state index is 5.43. The van der Waals surface area contributed by atoms with Gasteiger partial charge in [-0.05, 0) is 20.8 Å². The predicted molar refractivity (Wildman–Crippen MR) is 113 cm³/mol. The zero-order valence-electron chi connectivity index (χ0n) is 19.3. The van der Waals surface area contributed by atoms with Crippen LogP contribution in [0.3, 0.4) is 0 Å². The largest absolute Gasteiger partial charge is 0.379 e. The van der Waals surface area contributed by atoms with Gasteiger partial charge in [-0.3, -0.25) is 0 Å². The Kier molecular flexibility index (Phi) is 26.4. The fraction of sp³-hybridized carbons (Fsp3) is 1.00. The van der Waals surface area contributed by atoms with E-state index in [0.717, 1.165) is 6.61 Å². The summed E-state index contributed by atoms with van der Waals surface area (Å²) in [5, 5.41) is 0. The molecular weight excluding hydrogens is 396 g/mol. The van der Waals surface area contributed by atoms with Crippen molar-refractivity contribution in [2.24, 2.45) is 0 Å². The maximum atomic E-state index is 5.43. The van der Waals surface area contributed by atoms with Crippen LogP contribution in [0.4, 0.5) is 0 Å². The van der Waals surface area contributed by atoms with Crippen molar-refractivity contribution in [3.8, 4) is 0 Å². The van der Waals surface area contributed by atoms with Gasteiger partial charge in [-0.25, -0.2) is 0 Å². The summed E-state index contributed by atoms with van der Waals surface area (Å²) in [6, 6.07) is 0. The standard InChI is InChI=1S/C21H44O9/c1-4-22-5-6-23-7-8-24-9-10-25-11-12-26-13-14-27-15-16-28-17-18-29-19-20-30-21(2)3/h21H,4-20H2,1-3H3. The van der Waals surface area contributed by atoms with Gasteiger partial charge in [0.05, 0.1) is 112 Å². The quantitative estimate of drug-likeness (QED) is 0.186. The van der Waals surface area contributed by atoms with Crippen molar-refractivity contribution in [1.29, 1.82) is 0 Å². The van der Waals surface area contributed by atoms with Crippen LogP contribution in [0.1, 0.15) is 20.8 Å². The Hall–Kier alpha value is -0.360. The molecule has 0 saturated carbocycles. The van der Waals surface area contributed by atoms with E-state index in [9.17, 15) is 0 Å². The molecule has 0 heterocycles. The van der Waals surface area contributed by atoms with E-state index in [0.29, 0.717) is 106 Å². The Bertz CT molecular complexity index is 306. The zero-order valence-corrected chi connectivity index (χ0v) is 19.3. The van der Waals surface area contributed by atoms with Crippen molar-refractivity contribution in [1.82, 2.24) is 0 Å². The minimum Gasteiger partial charge on any atom is -0.379 e. The summed E-state index contributed by atoms with van der Waals surface area (Å²) in [6.07, 6.45) is 0.241. The molecule has 0 unspecified atom stereocenters. The van der Waals surface area contributed by atoms with Gasteiger partial charge in [0, 0.05) is 6.61 Å². The van der Waals surface area contributed by atoms with Gasteiger partial charge < -0.3 is 42.6 Å². The first kappa shape index (κ1) is 29.6. The highest BCUT2D eigenvalue weighted by Crippen LogP contribution is 1.88. The fourth-order valence-corrected chi connectivity index (χ4v) is 2.03. The Labute approximate surface area is 182 Å². The summed E-state index contributed by atoms with van der Waals surface area (Å²) in [4.78, 5) is 0. The maximum Gasteiger partial charge on any atom is 0.0703 e. The molecule has 0 aliphatic heterocycles. The first-order valence-corrected chi connectivity index (χ1v) is 11.0. The molecule has 0 aliphatic carbocycles. The van der Waals surface area contributed by atoms with Crippen LogP contribution < -0.4 is 0 Å². The number of rotatable bonds is 26. The van der Waals surface area contributed by atoms with Crippen molar-refractivity contribution in [2.75, 3.05) is 112 Å². The van der Waals surface area contributed by atoms with E-state index in [1.807, 2.05) is 20.8 Å². The second kappa shape index (κ2) is 26.7. The Morgan fingerprint density at radius 2 is 0.600 bits per heavy atom. The summed E-state index contributed by atoms with van der Waals surface area (Å²) in [7, 11) is 0. The second-order valence-electron chi connectivity index (χ2n) is 6.40. The summed E-state index contributed by atoms with van der Waals surface area (Å²) in [6.45, 7) is 15.7. The normalized spacial score (nSPS) is 11.6. The van der Waals surface area contributed by atoms with E-state index < -0.39 is 0 Å². The second-order valence-corrected chi connectivity index (χ2v) is 6.40. The van der Waals surface area contributed by atoms with E-state index in [-0.39, 0.29) is 6.10 Å². The minimum atomic E-state index is 0.241. The van der Waals surface area contributed by atoms with E-state index in [1.165, 1.54) is 0 Å². The molecule has 0 bridgehead atoms. The van der Waals surface area contributed by atoms with Crippen LogP contribution in [0.5, 0.6) is 0 Å². The molecule has 0 aromatic rings. The minimum absolute atomic E-state index is 0.241. The number of hydrogen-bond acceptors (Lipinski definition) is 9.